The SMILES string of the molecule is CN(C)C(=O)SCCCOc1[c]cccc1. The lowest BCUT2D eigenvalue weighted by Crippen LogP contribution is -2.17. The van der Waals surface area contributed by atoms with Gasteiger partial charge in [0.1, 0.15) is 5.75 Å². The lowest BCUT2D eigenvalue weighted by molar-refractivity contribution is 0.241. The molecule has 0 heterocycles. The maximum atomic E-state index is 11.2. The van der Waals surface area contributed by atoms with Gasteiger partial charge in [-0.3, -0.25) is 4.79 Å². The summed E-state index contributed by atoms with van der Waals surface area (Å²) in [5.74, 6) is 1.54. The Kier molecular flexibility index (Phi) is 5.78. The number of para-hydroxylation sites is 1. The molecule has 0 N–H and O–H groups in total. The van der Waals surface area contributed by atoms with Gasteiger partial charge in [0.05, 0.1) is 6.61 Å². The minimum absolute atomic E-state index is 0.0891. The molecule has 0 atom stereocenters. The smallest absolute Gasteiger partial charge is 0.281 e. The summed E-state index contributed by atoms with van der Waals surface area (Å²) in [6, 6.07) is 10.5. The first-order chi connectivity index (χ1) is 7.70. The number of carbonyl (C=O) groups is 1. The van der Waals surface area contributed by atoms with E-state index in [1.807, 2.05) is 24.3 Å². The average molecular weight is 238 g/mol. The fourth-order valence-corrected chi connectivity index (χ4v) is 1.69. The molecule has 1 aromatic carbocycles. The quantitative estimate of drug-likeness (QED) is 0.739. The molecular weight excluding hydrogens is 222 g/mol. The van der Waals surface area contributed by atoms with Gasteiger partial charge in [-0.2, -0.15) is 0 Å². The Labute approximate surface area is 101 Å². The van der Waals surface area contributed by atoms with E-state index in [-0.39, 0.29) is 5.24 Å². The topological polar surface area (TPSA) is 29.5 Å². The highest BCUT2D eigenvalue weighted by Crippen LogP contribution is 2.10. The summed E-state index contributed by atoms with van der Waals surface area (Å²) in [6.45, 7) is 0.619. The molecule has 4 heteroatoms. The Morgan fingerprint density at radius 3 is 2.94 bits per heavy atom. The van der Waals surface area contributed by atoms with E-state index in [1.165, 1.54) is 11.8 Å². The first kappa shape index (κ1) is 12.9. The summed E-state index contributed by atoms with van der Waals surface area (Å²) in [4.78, 5) is 12.8. The third-order valence-corrected chi connectivity index (χ3v) is 2.92. The standard InChI is InChI=1S/C12H16NO2S/c1-13(2)12(14)16-10-6-9-15-11-7-4-3-5-8-11/h3-5,7H,6,9-10H2,1-2H3. The molecule has 0 spiro atoms. The predicted molar refractivity (Wildman–Crippen MR) is 66.9 cm³/mol. The van der Waals surface area contributed by atoms with Gasteiger partial charge in [-0.05, 0) is 12.5 Å². The monoisotopic (exact) mass is 238 g/mol. The number of rotatable bonds is 5. The molecule has 1 radical (unpaired) electrons. The van der Waals surface area contributed by atoms with Crippen molar-refractivity contribution in [3.63, 3.8) is 0 Å². The fraction of sp³-hybridized carbons (Fsp3) is 0.417. The zero-order valence-electron chi connectivity index (χ0n) is 9.60. The van der Waals surface area contributed by atoms with E-state index in [0.29, 0.717) is 6.61 Å². The van der Waals surface area contributed by atoms with Crippen molar-refractivity contribution < 1.29 is 9.53 Å². The molecule has 0 aliphatic carbocycles. The van der Waals surface area contributed by atoms with Crippen LogP contribution in [0.1, 0.15) is 6.42 Å². The first-order valence-corrected chi connectivity index (χ1v) is 6.12. The zero-order chi connectivity index (χ0) is 11.8. The number of hydrogen-bond donors (Lipinski definition) is 0. The van der Waals surface area contributed by atoms with Gasteiger partial charge in [0.15, 0.2) is 0 Å². The first-order valence-electron chi connectivity index (χ1n) is 5.14. The second kappa shape index (κ2) is 7.17. The fourth-order valence-electron chi connectivity index (χ4n) is 0.996. The van der Waals surface area contributed by atoms with Crippen LogP contribution in [0.2, 0.25) is 0 Å². The van der Waals surface area contributed by atoms with Crippen LogP contribution in [0.15, 0.2) is 24.3 Å². The Morgan fingerprint density at radius 1 is 1.50 bits per heavy atom. The van der Waals surface area contributed by atoms with Crippen molar-refractivity contribution in [1.82, 2.24) is 4.90 Å². The molecule has 0 bridgehead atoms. The van der Waals surface area contributed by atoms with Gasteiger partial charge in [-0.1, -0.05) is 30.0 Å². The van der Waals surface area contributed by atoms with Crippen LogP contribution in [0, 0.1) is 6.07 Å². The Hall–Kier alpha value is -1.16. The minimum Gasteiger partial charge on any atom is -0.493 e. The van der Waals surface area contributed by atoms with Crippen molar-refractivity contribution in [2.75, 3.05) is 26.5 Å². The number of nitrogens with zero attached hydrogens (tertiary/aromatic N) is 1. The number of amides is 1. The van der Waals surface area contributed by atoms with Crippen LogP contribution in [0.3, 0.4) is 0 Å². The van der Waals surface area contributed by atoms with Gasteiger partial charge in [0, 0.05) is 25.9 Å². The molecule has 1 rings (SSSR count). The van der Waals surface area contributed by atoms with Crippen molar-refractivity contribution in [2.45, 2.75) is 6.42 Å². The maximum Gasteiger partial charge on any atom is 0.281 e. The largest absolute Gasteiger partial charge is 0.493 e. The highest BCUT2D eigenvalue weighted by molar-refractivity contribution is 8.13. The normalized spacial score (nSPS) is 9.88. The molecule has 0 saturated carbocycles. The van der Waals surface area contributed by atoms with Crippen LogP contribution in [-0.4, -0.2) is 36.6 Å². The van der Waals surface area contributed by atoms with E-state index in [2.05, 4.69) is 6.07 Å². The van der Waals surface area contributed by atoms with Gasteiger partial charge < -0.3 is 9.64 Å². The second-order valence-electron chi connectivity index (χ2n) is 3.44. The van der Waals surface area contributed by atoms with Crippen LogP contribution < -0.4 is 4.74 Å². The summed E-state index contributed by atoms with van der Waals surface area (Å²) >= 11 is 1.32. The third-order valence-electron chi connectivity index (χ3n) is 1.82. The van der Waals surface area contributed by atoms with Crippen LogP contribution in [0.25, 0.3) is 0 Å². The molecule has 87 valence electrons. The van der Waals surface area contributed by atoms with E-state index in [1.54, 1.807) is 19.0 Å². The number of carbonyl (C=O) groups excluding carboxylic acids is 1. The Bertz CT molecular complexity index is 314. The molecule has 16 heavy (non-hydrogen) atoms. The Balaban J connectivity index is 2.07. The molecule has 0 aliphatic heterocycles. The van der Waals surface area contributed by atoms with Gasteiger partial charge in [-0.15, -0.1) is 0 Å². The molecule has 0 saturated heterocycles. The zero-order valence-corrected chi connectivity index (χ0v) is 10.4. The van der Waals surface area contributed by atoms with E-state index >= 15 is 0 Å². The summed E-state index contributed by atoms with van der Waals surface area (Å²) in [6.07, 6.45) is 0.854. The predicted octanol–water partition coefficient (Wildman–Crippen LogP) is 2.67. The number of ether oxygens (including phenoxy) is 1. The van der Waals surface area contributed by atoms with E-state index in [4.69, 9.17) is 4.74 Å². The van der Waals surface area contributed by atoms with Crippen LogP contribution >= 0.6 is 11.8 Å². The van der Waals surface area contributed by atoms with Crippen molar-refractivity contribution in [3.05, 3.63) is 30.3 Å². The highest BCUT2D eigenvalue weighted by atomic mass is 32.2. The summed E-state index contributed by atoms with van der Waals surface area (Å²) < 4.78 is 5.45. The van der Waals surface area contributed by atoms with Gasteiger partial charge in [0.25, 0.3) is 5.24 Å². The third kappa shape index (κ3) is 5.07. The molecule has 0 fully saturated rings. The average Bonchev–Trinajstić information content (AvgIpc) is 2.29. The van der Waals surface area contributed by atoms with Crippen molar-refractivity contribution in [3.8, 4) is 5.75 Å². The van der Waals surface area contributed by atoms with E-state index < -0.39 is 0 Å². The van der Waals surface area contributed by atoms with E-state index in [9.17, 15) is 4.79 Å². The lowest BCUT2D eigenvalue weighted by Gasteiger charge is -2.09. The van der Waals surface area contributed by atoms with Gasteiger partial charge in [0.2, 0.25) is 0 Å². The molecule has 1 amide bonds. The highest BCUT2D eigenvalue weighted by Gasteiger charge is 2.03. The van der Waals surface area contributed by atoms with Crippen LogP contribution in [0.5, 0.6) is 5.75 Å². The van der Waals surface area contributed by atoms with Gasteiger partial charge in [-0.25, -0.2) is 0 Å². The number of hydrogen-bond acceptors (Lipinski definition) is 3. The summed E-state index contributed by atoms with van der Waals surface area (Å²) in [5, 5.41) is 0.0891. The molecule has 0 unspecified atom stereocenters. The molecular formula is C12H16NO2S. The molecule has 0 aromatic heterocycles. The van der Waals surface area contributed by atoms with E-state index in [0.717, 1.165) is 17.9 Å². The molecule has 0 aliphatic rings. The van der Waals surface area contributed by atoms with Crippen LogP contribution in [0.4, 0.5) is 4.79 Å². The summed E-state index contributed by atoms with van der Waals surface area (Å²) in [5.41, 5.74) is 0. The van der Waals surface area contributed by atoms with Crippen molar-refractivity contribution >= 4 is 17.0 Å². The molecule has 1 aromatic rings. The Morgan fingerprint density at radius 2 is 2.31 bits per heavy atom. The number of thioether (sulfide) groups is 1. The minimum atomic E-state index is 0.0891. The lowest BCUT2D eigenvalue weighted by atomic mass is 10.3. The maximum absolute atomic E-state index is 11.2. The van der Waals surface area contributed by atoms with Gasteiger partial charge >= 0.3 is 0 Å². The second-order valence-corrected chi connectivity index (χ2v) is 4.48. The van der Waals surface area contributed by atoms with Crippen molar-refractivity contribution in [1.29, 1.82) is 0 Å². The van der Waals surface area contributed by atoms with Crippen LogP contribution in [-0.2, 0) is 0 Å². The van der Waals surface area contributed by atoms with Crippen molar-refractivity contribution in [2.24, 2.45) is 0 Å². The molecule has 3 nitrogen and oxygen atoms in total. The summed E-state index contributed by atoms with van der Waals surface area (Å²) in [7, 11) is 3.51. The number of benzene rings is 1.